The number of thiophene rings is 1. The fourth-order valence-electron chi connectivity index (χ4n) is 2.03. The second-order valence-corrected chi connectivity index (χ2v) is 5.46. The van der Waals surface area contributed by atoms with Crippen LogP contribution in [-0.4, -0.2) is 13.2 Å². The van der Waals surface area contributed by atoms with Gasteiger partial charge >= 0.3 is 0 Å². The number of hydrogen-bond donors (Lipinski definition) is 0. The van der Waals surface area contributed by atoms with Gasteiger partial charge in [-0.2, -0.15) is 11.3 Å². The number of aryl methyl sites for hydroxylation is 1. The summed E-state index contributed by atoms with van der Waals surface area (Å²) in [6, 6.07) is 5.91. The minimum absolute atomic E-state index is 0.132. The smallest absolute Gasteiger partial charge is 0.161 e. The van der Waals surface area contributed by atoms with Crippen LogP contribution in [0.5, 0.6) is 11.5 Å². The second-order valence-electron chi connectivity index (χ2n) is 4.28. The molecule has 0 saturated carbocycles. The minimum Gasteiger partial charge on any atom is -0.486 e. The van der Waals surface area contributed by atoms with Crippen LogP contribution >= 0.6 is 22.9 Å². The van der Waals surface area contributed by atoms with E-state index in [0.717, 1.165) is 17.1 Å². The van der Waals surface area contributed by atoms with Crippen LogP contribution in [-0.2, 0) is 0 Å². The highest BCUT2D eigenvalue weighted by atomic mass is 35.5. The third-order valence-corrected chi connectivity index (χ3v) is 4.39. The van der Waals surface area contributed by atoms with Gasteiger partial charge in [0.05, 0.1) is 5.38 Å². The van der Waals surface area contributed by atoms with Crippen molar-refractivity contribution in [1.29, 1.82) is 0 Å². The number of benzene rings is 1. The molecule has 0 aliphatic carbocycles. The Morgan fingerprint density at radius 2 is 1.94 bits per heavy atom. The van der Waals surface area contributed by atoms with Crippen LogP contribution in [0.25, 0.3) is 0 Å². The Balaban J connectivity index is 1.95. The molecule has 1 unspecified atom stereocenters. The summed E-state index contributed by atoms with van der Waals surface area (Å²) in [6.07, 6.45) is 0. The van der Waals surface area contributed by atoms with Crippen molar-refractivity contribution < 1.29 is 9.47 Å². The Morgan fingerprint density at radius 3 is 2.67 bits per heavy atom. The van der Waals surface area contributed by atoms with E-state index in [0.29, 0.717) is 13.2 Å². The molecule has 3 rings (SSSR count). The van der Waals surface area contributed by atoms with Crippen LogP contribution in [0.1, 0.15) is 22.1 Å². The molecule has 0 N–H and O–H groups in total. The fourth-order valence-corrected chi connectivity index (χ4v) is 3.35. The van der Waals surface area contributed by atoms with E-state index < -0.39 is 0 Å². The molecule has 0 fully saturated rings. The van der Waals surface area contributed by atoms with Crippen molar-refractivity contribution in [3.63, 3.8) is 0 Å². The summed E-state index contributed by atoms with van der Waals surface area (Å²) in [6.45, 7) is 3.29. The highest BCUT2D eigenvalue weighted by Crippen LogP contribution is 2.38. The van der Waals surface area contributed by atoms with Crippen molar-refractivity contribution in [3.05, 3.63) is 45.6 Å². The molecule has 1 aliphatic rings. The van der Waals surface area contributed by atoms with Crippen molar-refractivity contribution >= 4 is 22.9 Å². The zero-order chi connectivity index (χ0) is 12.5. The standard InChI is InChI=1S/C14H13ClO2S/c1-9-7-18-8-11(9)14(15)10-2-3-12-13(6-10)17-5-4-16-12/h2-3,6-8,14H,4-5H2,1H3. The lowest BCUT2D eigenvalue weighted by atomic mass is 10.0. The lowest BCUT2D eigenvalue weighted by Gasteiger charge is -2.20. The van der Waals surface area contributed by atoms with Gasteiger partial charge in [-0.3, -0.25) is 0 Å². The maximum absolute atomic E-state index is 6.53. The molecule has 0 radical (unpaired) electrons. The Labute approximate surface area is 115 Å². The fraction of sp³-hybridized carbons (Fsp3) is 0.286. The van der Waals surface area contributed by atoms with Crippen LogP contribution in [0.3, 0.4) is 0 Å². The van der Waals surface area contributed by atoms with Gasteiger partial charge in [0.25, 0.3) is 0 Å². The highest BCUT2D eigenvalue weighted by molar-refractivity contribution is 7.08. The van der Waals surface area contributed by atoms with Crippen LogP contribution in [0, 0.1) is 6.92 Å². The van der Waals surface area contributed by atoms with Gasteiger partial charge in [0, 0.05) is 0 Å². The summed E-state index contributed by atoms with van der Waals surface area (Å²) in [7, 11) is 0. The average molecular weight is 281 g/mol. The van der Waals surface area contributed by atoms with E-state index in [1.54, 1.807) is 11.3 Å². The van der Waals surface area contributed by atoms with Crippen molar-refractivity contribution in [2.75, 3.05) is 13.2 Å². The molecule has 2 heterocycles. The van der Waals surface area contributed by atoms with E-state index in [1.807, 2.05) is 18.2 Å². The van der Waals surface area contributed by atoms with E-state index >= 15 is 0 Å². The number of alkyl halides is 1. The normalized spacial score (nSPS) is 15.4. The molecule has 2 aromatic rings. The van der Waals surface area contributed by atoms with E-state index in [1.165, 1.54) is 11.1 Å². The predicted molar refractivity (Wildman–Crippen MR) is 74.2 cm³/mol. The summed E-state index contributed by atoms with van der Waals surface area (Å²) >= 11 is 8.21. The lowest BCUT2D eigenvalue weighted by Crippen LogP contribution is -2.15. The van der Waals surface area contributed by atoms with E-state index in [-0.39, 0.29) is 5.38 Å². The first kappa shape index (κ1) is 11.9. The molecule has 0 bridgehead atoms. The Morgan fingerprint density at radius 1 is 1.17 bits per heavy atom. The first-order chi connectivity index (χ1) is 8.75. The minimum atomic E-state index is -0.132. The molecule has 0 saturated heterocycles. The molecule has 0 amide bonds. The first-order valence-corrected chi connectivity index (χ1v) is 7.20. The molecule has 1 aliphatic heterocycles. The maximum atomic E-state index is 6.53. The quantitative estimate of drug-likeness (QED) is 0.769. The summed E-state index contributed by atoms with van der Waals surface area (Å²) < 4.78 is 11.1. The SMILES string of the molecule is Cc1cscc1C(Cl)c1ccc2c(c1)OCCO2. The molecule has 1 atom stereocenters. The Hall–Kier alpha value is -1.19. The van der Waals surface area contributed by atoms with Gasteiger partial charge < -0.3 is 9.47 Å². The molecular weight excluding hydrogens is 268 g/mol. The van der Waals surface area contributed by atoms with Crippen LogP contribution in [0.2, 0.25) is 0 Å². The topological polar surface area (TPSA) is 18.5 Å². The van der Waals surface area contributed by atoms with Crippen molar-refractivity contribution in [1.82, 2.24) is 0 Å². The van der Waals surface area contributed by atoms with Gasteiger partial charge in [0.15, 0.2) is 11.5 Å². The lowest BCUT2D eigenvalue weighted by molar-refractivity contribution is 0.171. The van der Waals surface area contributed by atoms with Gasteiger partial charge in [-0.1, -0.05) is 6.07 Å². The van der Waals surface area contributed by atoms with Gasteiger partial charge in [-0.05, 0) is 46.5 Å². The van der Waals surface area contributed by atoms with E-state index in [2.05, 4.69) is 17.7 Å². The third kappa shape index (κ3) is 2.08. The molecule has 1 aromatic carbocycles. The predicted octanol–water partition coefficient (Wildman–Crippen LogP) is 4.16. The van der Waals surface area contributed by atoms with Gasteiger partial charge in [0.2, 0.25) is 0 Å². The molecule has 0 spiro atoms. The highest BCUT2D eigenvalue weighted by Gasteiger charge is 2.18. The summed E-state index contributed by atoms with van der Waals surface area (Å²) in [5.74, 6) is 1.59. The molecular formula is C14H13ClO2S. The summed E-state index contributed by atoms with van der Waals surface area (Å²) in [4.78, 5) is 0. The van der Waals surface area contributed by atoms with Gasteiger partial charge in [0.1, 0.15) is 13.2 Å². The van der Waals surface area contributed by atoms with Crippen molar-refractivity contribution in [2.24, 2.45) is 0 Å². The number of rotatable bonds is 2. The molecule has 18 heavy (non-hydrogen) atoms. The number of ether oxygens (including phenoxy) is 2. The largest absolute Gasteiger partial charge is 0.486 e. The monoisotopic (exact) mass is 280 g/mol. The number of fused-ring (bicyclic) bond motifs is 1. The number of halogens is 1. The summed E-state index contributed by atoms with van der Waals surface area (Å²) in [5, 5.41) is 4.08. The Bertz CT molecular complexity index is 565. The summed E-state index contributed by atoms with van der Waals surface area (Å²) in [5.41, 5.74) is 3.44. The van der Waals surface area contributed by atoms with Crippen LogP contribution in [0.4, 0.5) is 0 Å². The zero-order valence-electron chi connectivity index (χ0n) is 9.98. The van der Waals surface area contributed by atoms with E-state index in [9.17, 15) is 0 Å². The van der Waals surface area contributed by atoms with Crippen molar-refractivity contribution in [3.8, 4) is 11.5 Å². The maximum Gasteiger partial charge on any atom is 0.161 e. The molecule has 2 nitrogen and oxygen atoms in total. The zero-order valence-corrected chi connectivity index (χ0v) is 11.6. The average Bonchev–Trinajstić information content (AvgIpc) is 2.83. The Kier molecular flexibility index (Phi) is 3.18. The molecule has 4 heteroatoms. The molecule has 94 valence electrons. The molecule has 1 aromatic heterocycles. The van der Waals surface area contributed by atoms with Crippen LogP contribution in [0.15, 0.2) is 29.0 Å². The van der Waals surface area contributed by atoms with Crippen LogP contribution < -0.4 is 9.47 Å². The van der Waals surface area contributed by atoms with E-state index in [4.69, 9.17) is 21.1 Å². The van der Waals surface area contributed by atoms with Gasteiger partial charge in [-0.25, -0.2) is 0 Å². The third-order valence-electron chi connectivity index (χ3n) is 3.03. The van der Waals surface area contributed by atoms with Crippen molar-refractivity contribution in [2.45, 2.75) is 12.3 Å². The number of hydrogen-bond acceptors (Lipinski definition) is 3. The first-order valence-electron chi connectivity index (χ1n) is 5.82. The second kappa shape index (κ2) is 4.82. The van der Waals surface area contributed by atoms with Gasteiger partial charge in [-0.15, -0.1) is 11.6 Å².